The van der Waals surface area contributed by atoms with Crippen molar-refractivity contribution in [2.45, 2.75) is 83.8 Å². The Bertz CT molecular complexity index is 1600. The number of carbonyl (C=O) groups is 4. The third kappa shape index (κ3) is 13.8. The average Bonchev–Trinajstić information content (AvgIpc) is 3.03. The third-order valence-electron chi connectivity index (χ3n) is 7.90. The first-order valence-corrected chi connectivity index (χ1v) is 18.8. The third-order valence-corrected chi connectivity index (χ3v) is 10.2. The number of carbonyl (C=O) groups excluding carboxylic acids is 4. The summed E-state index contributed by atoms with van der Waals surface area (Å²) in [6, 6.07) is 25.0. The summed E-state index contributed by atoms with van der Waals surface area (Å²) in [6.07, 6.45) is -0.834. The number of hydrogen-bond donors (Lipinski definition) is 5. The highest BCUT2D eigenvalue weighted by molar-refractivity contribution is 7.58. The zero-order chi connectivity index (χ0) is 36.9. The molecule has 4 amide bonds. The van der Waals surface area contributed by atoms with E-state index >= 15 is 0 Å². The van der Waals surface area contributed by atoms with E-state index < -0.39 is 66.7 Å². The van der Waals surface area contributed by atoms with Gasteiger partial charge in [0.15, 0.2) is 0 Å². The lowest BCUT2D eigenvalue weighted by atomic mass is 9.97. The van der Waals surface area contributed by atoms with Crippen LogP contribution in [0.5, 0.6) is 0 Å². The molecule has 0 spiro atoms. The van der Waals surface area contributed by atoms with Crippen molar-refractivity contribution >= 4 is 31.2 Å². The molecule has 270 valence electrons. The van der Waals surface area contributed by atoms with Crippen molar-refractivity contribution in [2.24, 2.45) is 17.6 Å². The van der Waals surface area contributed by atoms with Crippen LogP contribution < -0.4 is 21.7 Å². The molecule has 3 aromatic carbocycles. The summed E-state index contributed by atoms with van der Waals surface area (Å²) in [5.41, 5.74) is 7.05. The SMILES string of the molecule is CC(C)C[C@H](NC(=O)[C@@H](Cc1ccccc1)CP(=O)(O)[C@H](Cc1ccccc1)NC(=O)OC(C)(C)C)C(=O)N[C@@H](Cc1ccccc1)C(N)=O. The molecule has 50 heavy (non-hydrogen) atoms. The molecule has 0 fully saturated rings. The molecule has 0 aromatic heterocycles. The van der Waals surface area contributed by atoms with Crippen LogP contribution in [-0.2, 0) is 42.9 Å². The lowest BCUT2D eigenvalue weighted by Gasteiger charge is -2.30. The molecular weight excluding hydrogens is 655 g/mol. The summed E-state index contributed by atoms with van der Waals surface area (Å²) >= 11 is 0. The zero-order valence-electron chi connectivity index (χ0n) is 29.5. The fraction of sp³-hybridized carbons (Fsp3) is 0.421. The van der Waals surface area contributed by atoms with E-state index in [1.807, 2.05) is 68.4 Å². The molecule has 1 unspecified atom stereocenters. The monoisotopic (exact) mass is 706 g/mol. The van der Waals surface area contributed by atoms with Crippen LogP contribution in [-0.4, -0.2) is 58.3 Å². The predicted molar refractivity (Wildman–Crippen MR) is 194 cm³/mol. The second-order valence-electron chi connectivity index (χ2n) is 14.0. The Hall–Kier alpha value is -4.47. The number of ether oxygens (including phenoxy) is 1. The molecule has 0 heterocycles. The summed E-state index contributed by atoms with van der Waals surface area (Å²) < 4.78 is 19.7. The van der Waals surface area contributed by atoms with Crippen LogP contribution in [0.3, 0.4) is 0 Å². The molecule has 0 aliphatic rings. The van der Waals surface area contributed by atoms with Gasteiger partial charge in [0, 0.05) is 19.0 Å². The average molecular weight is 707 g/mol. The minimum atomic E-state index is -4.34. The van der Waals surface area contributed by atoms with Crippen molar-refractivity contribution in [2.75, 3.05) is 6.16 Å². The minimum absolute atomic E-state index is 0.0157. The number of rotatable bonds is 17. The Morgan fingerprint density at radius 2 is 1.18 bits per heavy atom. The van der Waals surface area contributed by atoms with Gasteiger partial charge in [-0.05, 0) is 56.2 Å². The second-order valence-corrected chi connectivity index (χ2v) is 16.5. The Morgan fingerprint density at radius 3 is 1.64 bits per heavy atom. The van der Waals surface area contributed by atoms with Crippen molar-refractivity contribution in [3.8, 4) is 0 Å². The van der Waals surface area contributed by atoms with Gasteiger partial charge in [-0.25, -0.2) is 4.79 Å². The summed E-state index contributed by atoms with van der Waals surface area (Å²) in [7, 11) is -4.34. The molecule has 6 N–H and O–H groups in total. The zero-order valence-corrected chi connectivity index (χ0v) is 30.4. The van der Waals surface area contributed by atoms with E-state index in [0.717, 1.165) is 11.1 Å². The highest BCUT2D eigenvalue weighted by Crippen LogP contribution is 2.48. The number of nitrogens with one attached hydrogen (secondary N) is 3. The van der Waals surface area contributed by atoms with Gasteiger partial charge in [-0.3, -0.25) is 18.9 Å². The van der Waals surface area contributed by atoms with E-state index in [9.17, 15) is 28.6 Å². The minimum Gasteiger partial charge on any atom is -0.444 e. The largest absolute Gasteiger partial charge is 0.444 e. The quantitative estimate of drug-likeness (QED) is 0.123. The predicted octanol–water partition coefficient (Wildman–Crippen LogP) is 4.95. The molecule has 0 aliphatic carbocycles. The van der Waals surface area contributed by atoms with Crippen LogP contribution in [0.15, 0.2) is 91.0 Å². The van der Waals surface area contributed by atoms with E-state index in [0.29, 0.717) is 5.56 Å². The van der Waals surface area contributed by atoms with Crippen molar-refractivity contribution in [1.82, 2.24) is 16.0 Å². The second kappa shape index (κ2) is 18.5. The lowest BCUT2D eigenvalue weighted by molar-refractivity contribution is -0.132. The molecule has 3 aromatic rings. The summed E-state index contributed by atoms with van der Waals surface area (Å²) in [5.74, 6) is -4.29. The number of primary amides is 1. The maximum absolute atomic E-state index is 14.3. The van der Waals surface area contributed by atoms with Crippen LogP contribution >= 0.6 is 7.37 Å². The van der Waals surface area contributed by atoms with Gasteiger partial charge in [-0.2, -0.15) is 0 Å². The first-order chi connectivity index (χ1) is 23.5. The van der Waals surface area contributed by atoms with Gasteiger partial charge in [0.1, 0.15) is 23.5 Å². The number of alkyl carbamates (subject to hydrolysis) is 1. The fourth-order valence-corrected chi connectivity index (χ4v) is 7.48. The highest BCUT2D eigenvalue weighted by Gasteiger charge is 2.39. The maximum Gasteiger partial charge on any atom is 0.408 e. The molecule has 0 saturated heterocycles. The summed E-state index contributed by atoms with van der Waals surface area (Å²) in [6.45, 7) is 8.85. The number of hydrogen-bond acceptors (Lipinski definition) is 6. The van der Waals surface area contributed by atoms with Gasteiger partial charge in [0.05, 0.1) is 5.92 Å². The highest BCUT2D eigenvalue weighted by atomic mass is 31.2. The van der Waals surface area contributed by atoms with Gasteiger partial charge >= 0.3 is 6.09 Å². The van der Waals surface area contributed by atoms with Gasteiger partial charge in [-0.15, -0.1) is 0 Å². The van der Waals surface area contributed by atoms with Gasteiger partial charge in [0.2, 0.25) is 25.1 Å². The van der Waals surface area contributed by atoms with Gasteiger partial charge < -0.3 is 31.3 Å². The molecule has 0 aliphatic heterocycles. The normalized spacial score (nSPS) is 15.1. The summed E-state index contributed by atoms with van der Waals surface area (Å²) in [4.78, 5) is 64.6. The summed E-state index contributed by atoms with van der Waals surface area (Å²) in [5, 5.41) is 8.11. The Labute approximate surface area is 295 Å². The Morgan fingerprint density at radius 1 is 0.720 bits per heavy atom. The van der Waals surface area contributed by atoms with Crippen molar-refractivity contribution < 1.29 is 33.4 Å². The number of amides is 4. The fourth-order valence-electron chi connectivity index (χ4n) is 5.49. The van der Waals surface area contributed by atoms with Crippen LogP contribution in [0.4, 0.5) is 4.79 Å². The maximum atomic E-state index is 14.3. The van der Waals surface area contributed by atoms with Crippen LogP contribution in [0, 0.1) is 11.8 Å². The van der Waals surface area contributed by atoms with Gasteiger partial charge in [0.25, 0.3) is 0 Å². The molecule has 0 radical (unpaired) electrons. The smallest absolute Gasteiger partial charge is 0.408 e. The van der Waals surface area contributed by atoms with Crippen LogP contribution in [0.2, 0.25) is 0 Å². The molecular formula is C38H51N4O7P. The molecule has 12 heteroatoms. The van der Waals surface area contributed by atoms with Crippen molar-refractivity contribution in [3.63, 3.8) is 0 Å². The van der Waals surface area contributed by atoms with Gasteiger partial charge in [-0.1, -0.05) is 105 Å². The van der Waals surface area contributed by atoms with E-state index in [2.05, 4.69) is 16.0 Å². The topological polar surface area (TPSA) is 177 Å². The van der Waals surface area contributed by atoms with Crippen molar-refractivity contribution in [3.05, 3.63) is 108 Å². The lowest BCUT2D eigenvalue weighted by Crippen LogP contribution is -2.55. The van der Waals surface area contributed by atoms with E-state index in [4.69, 9.17) is 10.5 Å². The molecule has 3 rings (SSSR count). The Kier molecular flexibility index (Phi) is 14.8. The van der Waals surface area contributed by atoms with E-state index in [1.165, 1.54) is 0 Å². The van der Waals surface area contributed by atoms with Crippen LogP contribution in [0.25, 0.3) is 0 Å². The first-order valence-electron chi connectivity index (χ1n) is 16.8. The van der Waals surface area contributed by atoms with E-state index in [1.54, 1.807) is 57.2 Å². The standard InChI is InChI=1S/C38H51N4O7P/c1-26(2)21-32(36(45)40-31(34(39)43)23-28-17-11-7-12-18-28)41-35(44)30(22-27-15-9-6-10-16-27)25-50(47,48)33(24-29-19-13-8-14-20-29)42-37(46)49-38(3,4)5/h6-20,26,30-33H,21-25H2,1-5H3,(H2,39,43)(H,40,45)(H,41,44)(H,42,46)(H,47,48)/t30-,31-,32-,33+/m0/s1. The molecule has 0 saturated carbocycles. The Balaban J connectivity index is 1.90. The molecule has 11 nitrogen and oxygen atoms in total. The van der Waals surface area contributed by atoms with Crippen LogP contribution in [0.1, 0.15) is 57.7 Å². The van der Waals surface area contributed by atoms with E-state index in [-0.39, 0.29) is 31.6 Å². The molecule has 5 atom stereocenters. The first kappa shape index (κ1) is 40.0. The van der Waals surface area contributed by atoms with Crippen molar-refractivity contribution in [1.29, 1.82) is 0 Å². The number of nitrogens with two attached hydrogens (primary N) is 1. The number of benzene rings is 3. The molecule has 0 bridgehead atoms.